The molecular formula is C13H19N3O3. The van der Waals surface area contributed by atoms with Crippen molar-refractivity contribution in [2.45, 2.75) is 19.9 Å². The number of hydrogen-bond donors (Lipinski definition) is 0. The van der Waals surface area contributed by atoms with Crippen molar-refractivity contribution in [2.24, 2.45) is 0 Å². The van der Waals surface area contributed by atoms with Gasteiger partial charge in [0.2, 0.25) is 0 Å². The van der Waals surface area contributed by atoms with Crippen LogP contribution in [0.25, 0.3) is 0 Å². The molecule has 0 aliphatic rings. The molecule has 1 aromatic rings. The Kier molecular flexibility index (Phi) is 5.29. The molecule has 0 fully saturated rings. The molecule has 1 amide bonds. The highest BCUT2D eigenvalue weighted by Gasteiger charge is 2.11. The minimum Gasteiger partial charge on any atom is -0.466 e. The van der Waals surface area contributed by atoms with Crippen molar-refractivity contribution in [1.82, 2.24) is 14.7 Å². The Morgan fingerprint density at radius 2 is 2.16 bits per heavy atom. The molecule has 0 spiro atoms. The van der Waals surface area contributed by atoms with Crippen LogP contribution in [0.4, 0.5) is 0 Å². The van der Waals surface area contributed by atoms with E-state index in [1.165, 1.54) is 12.0 Å². The first-order valence-electron chi connectivity index (χ1n) is 6.02. The molecule has 0 unspecified atom stereocenters. The van der Waals surface area contributed by atoms with Gasteiger partial charge in [-0.25, -0.2) is 4.79 Å². The van der Waals surface area contributed by atoms with E-state index in [2.05, 4.69) is 9.84 Å². The number of carbonyl (C=O) groups excluding carboxylic acids is 2. The Bertz CT molecular complexity index is 489. The van der Waals surface area contributed by atoms with E-state index in [9.17, 15) is 9.59 Å². The highest BCUT2D eigenvalue weighted by Crippen LogP contribution is 2.05. The third kappa shape index (κ3) is 3.94. The molecule has 0 saturated heterocycles. The van der Waals surface area contributed by atoms with E-state index < -0.39 is 0 Å². The maximum atomic E-state index is 11.7. The molecule has 0 aliphatic heterocycles. The van der Waals surface area contributed by atoms with Crippen LogP contribution in [0, 0.1) is 0 Å². The van der Waals surface area contributed by atoms with Crippen LogP contribution in [-0.2, 0) is 16.1 Å². The predicted molar refractivity (Wildman–Crippen MR) is 70.6 cm³/mol. The van der Waals surface area contributed by atoms with E-state index in [1.54, 1.807) is 37.1 Å². The number of allylic oxidation sites excluding steroid dienone is 1. The summed E-state index contributed by atoms with van der Waals surface area (Å²) in [5.41, 5.74) is 0.980. The second-order valence-corrected chi connectivity index (χ2v) is 4.20. The second kappa shape index (κ2) is 6.72. The van der Waals surface area contributed by atoms with Crippen molar-refractivity contribution in [1.29, 1.82) is 0 Å². The van der Waals surface area contributed by atoms with Crippen LogP contribution >= 0.6 is 0 Å². The number of esters is 1. The summed E-state index contributed by atoms with van der Waals surface area (Å²) >= 11 is 0. The summed E-state index contributed by atoms with van der Waals surface area (Å²) in [7, 11) is 4.70. The third-order valence-corrected chi connectivity index (χ3v) is 2.62. The standard InChI is InChI=1S/C13H19N3O3/c1-5-10(13(18)19-4)6-8-16-9-7-11(14-16)12(17)15(2)3/h6-7,9H,5,8H2,1-4H3. The van der Waals surface area contributed by atoms with Gasteiger partial charge in [-0.3, -0.25) is 9.48 Å². The molecule has 0 aromatic carbocycles. The number of methoxy groups -OCH3 is 1. The highest BCUT2D eigenvalue weighted by atomic mass is 16.5. The molecule has 0 radical (unpaired) electrons. The molecule has 19 heavy (non-hydrogen) atoms. The SMILES string of the molecule is CCC(=CCn1ccc(C(=O)N(C)C)n1)C(=O)OC. The third-order valence-electron chi connectivity index (χ3n) is 2.62. The number of nitrogens with zero attached hydrogens (tertiary/aromatic N) is 3. The summed E-state index contributed by atoms with van der Waals surface area (Å²) < 4.78 is 6.28. The normalized spacial score (nSPS) is 11.3. The molecule has 0 atom stereocenters. The first-order valence-corrected chi connectivity index (χ1v) is 6.02. The van der Waals surface area contributed by atoms with Crippen LogP contribution in [0.15, 0.2) is 23.9 Å². The van der Waals surface area contributed by atoms with E-state index in [1.807, 2.05) is 6.92 Å². The number of hydrogen-bond acceptors (Lipinski definition) is 4. The topological polar surface area (TPSA) is 64.4 Å². The molecule has 1 aromatic heterocycles. The maximum Gasteiger partial charge on any atom is 0.333 e. The Labute approximate surface area is 112 Å². The first kappa shape index (κ1) is 14.9. The fourth-order valence-electron chi connectivity index (χ4n) is 1.51. The highest BCUT2D eigenvalue weighted by molar-refractivity contribution is 5.91. The van der Waals surface area contributed by atoms with E-state index in [-0.39, 0.29) is 11.9 Å². The van der Waals surface area contributed by atoms with Crippen molar-refractivity contribution in [2.75, 3.05) is 21.2 Å². The summed E-state index contributed by atoms with van der Waals surface area (Å²) in [6.07, 6.45) is 4.05. The van der Waals surface area contributed by atoms with Crippen molar-refractivity contribution in [3.8, 4) is 0 Å². The van der Waals surface area contributed by atoms with Crippen molar-refractivity contribution >= 4 is 11.9 Å². The molecule has 6 heteroatoms. The molecule has 1 rings (SSSR count). The molecule has 0 saturated carbocycles. The van der Waals surface area contributed by atoms with Gasteiger partial charge in [-0.15, -0.1) is 0 Å². The number of ether oxygens (including phenoxy) is 1. The average molecular weight is 265 g/mol. The second-order valence-electron chi connectivity index (χ2n) is 4.20. The number of carbonyl (C=O) groups is 2. The van der Waals surface area contributed by atoms with Crippen LogP contribution < -0.4 is 0 Å². The van der Waals surface area contributed by atoms with Gasteiger partial charge in [0.1, 0.15) is 5.69 Å². The van der Waals surface area contributed by atoms with E-state index in [4.69, 9.17) is 0 Å². The van der Waals surface area contributed by atoms with Crippen LogP contribution in [-0.4, -0.2) is 47.8 Å². The Morgan fingerprint density at radius 1 is 1.47 bits per heavy atom. The van der Waals surface area contributed by atoms with Crippen LogP contribution in [0.2, 0.25) is 0 Å². The summed E-state index contributed by atoms with van der Waals surface area (Å²) in [5.74, 6) is -0.481. The van der Waals surface area contributed by atoms with Crippen molar-refractivity contribution < 1.29 is 14.3 Å². The van der Waals surface area contributed by atoms with Gasteiger partial charge in [0.05, 0.1) is 13.7 Å². The molecule has 0 N–H and O–H groups in total. The lowest BCUT2D eigenvalue weighted by molar-refractivity contribution is -0.136. The smallest absolute Gasteiger partial charge is 0.333 e. The molecular weight excluding hydrogens is 246 g/mol. The van der Waals surface area contributed by atoms with Gasteiger partial charge in [0.25, 0.3) is 5.91 Å². The zero-order chi connectivity index (χ0) is 14.4. The van der Waals surface area contributed by atoms with Gasteiger partial charge in [0.15, 0.2) is 0 Å². The van der Waals surface area contributed by atoms with Gasteiger partial charge in [-0.05, 0) is 12.5 Å². The molecule has 0 bridgehead atoms. The Balaban J connectivity index is 2.76. The number of amides is 1. The summed E-state index contributed by atoms with van der Waals surface area (Å²) in [4.78, 5) is 24.5. The van der Waals surface area contributed by atoms with Gasteiger partial charge in [-0.2, -0.15) is 5.10 Å². The fourth-order valence-corrected chi connectivity index (χ4v) is 1.51. The van der Waals surface area contributed by atoms with E-state index in [0.717, 1.165) is 0 Å². The van der Waals surface area contributed by atoms with Crippen molar-refractivity contribution in [3.63, 3.8) is 0 Å². The molecule has 104 valence electrons. The van der Waals surface area contributed by atoms with Crippen LogP contribution in [0.1, 0.15) is 23.8 Å². The largest absolute Gasteiger partial charge is 0.466 e. The molecule has 1 heterocycles. The predicted octanol–water partition coefficient (Wildman–Crippen LogP) is 1.09. The lowest BCUT2D eigenvalue weighted by Gasteiger charge is -2.06. The lowest BCUT2D eigenvalue weighted by Crippen LogP contribution is -2.22. The number of rotatable bonds is 5. The van der Waals surface area contributed by atoms with Crippen LogP contribution in [0.3, 0.4) is 0 Å². The zero-order valence-corrected chi connectivity index (χ0v) is 11.7. The molecule has 6 nitrogen and oxygen atoms in total. The Morgan fingerprint density at radius 3 is 2.68 bits per heavy atom. The van der Waals surface area contributed by atoms with Crippen molar-refractivity contribution in [3.05, 3.63) is 29.6 Å². The van der Waals surface area contributed by atoms with Crippen LogP contribution in [0.5, 0.6) is 0 Å². The van der Waals surface area contributed by atoms with Gasteiger partial charge in [-0.1, -0.05) is 13.0 Å². The van der Waals surface area contributed by atoms with Gasteiger partial charge < -0.3 is 9.64 Å². The zero-order valence-electron chi connectivity index (χ0n) is 11.7. The average Bonchev–Trinajstić information content (AvgIpc) is 2.86. The monoisotopic (exact) mass is 265 g/mol. The molecule has 0 aliphatic carbocycles. The summed E-state index contributed by atoms with van der Waals surface area (Å²) in [6.45, 7) is 2.31. The van der Waals surface area contributed by atoms with Gasteiger partial charge >= 0.3 is 5.97 Å². The first-order chi connectivity index (χ1) is 8.99. The Hall–Kier alpha value is -2.11. The van der Waals surface area contributed by atoms with E-state index in [0.29, 0.717) is 24.2 Å². The quantitative estimate of drug-likeness (QED) is 0.590. The fraction of sp³-hybridized carbons (Fsp3) is 0.462. The minimum atomic E-state index is -0.334. The van der Waals surface area contributed by atoms with Gasteiger partial charge in [0, 0.05) is 25.9 Å². The summed E-state index contributed by atoms with van der Waals surface area (Å²) in [6, 6.07) is 1.65. The number of aromatic nitrogens is 2. The van der Waals surface area contributed by atoms with E-state index >= 15 is 0 Å². The lowest BCUT2D eigenvalue weighted by atomic mass is 10.2. The summed E-state index contributed by atoms with van der Waals surface area (Å²) in [5, 5.41) is 4.15. The maximum absolute atomic E-state index is 11.7. The minimum absolute atomic E-state index is 0.147.